The molecule has 11 heteroatoms. The van der Waals surface area contributed by atoms with Crippen molar-refractivity contribution in [2.24, 2.45) is 0 Å². The summed E-state index contributed by atoms with van der Waals surface area (Å²) in [4.78, 5) is 25.5. The van der Waals surface area contributed by atoms with Crippen molar-refractivity contribution >= 4 is 8.17 Å². The summed E-state index contributed by atoms with van der Waals surface area (Å²) in [6.45, 7) is -0.888. The van der Waals surface area contributed by atoms with Crippen LogP contribution in [0.2, 0.25) is 0 Å². The molecular weight excluding hydrogens is 269 g/mol. The first kappa shape index (κ1) is 15.0. The Morgan fingerprint density at radius 2 is 1.71 bits per heavy atom. The van der Waals surface area contributed by atoms with Crippen molar-refractivity contribution in [1.82, 2.24) is 0 Å². The Hall–Kier alpha value is -0.0300. The van der Waals surface area contributed by atoms with Gasteiger partial charge in [-0.1, -0.05) is 0 Å². The van der Waals surface area contributed by atoms with E-state index < -0.39 is 45.3 Å². The molecule has 0 radical (unpaired) electrons. The summed E-state index contributed by atoms with van der Waals surface area (Å²) in [6.07, 6.45) is -9.05. The van der Waals surface area contributed by atoms with Crippen molar-refractivity contribution in [3.8, 4) is 0 Å². The number of halogens is 2. The summed E-state index contributed by atoms with van der Waals surface area (Å²) in [5.74, 6) is -4.07. The summed E-state index contributed by atoms with van der Waals surface area (Å²) in [5, 5.41) is 27.1. The van der Waals surface area contributed by atoms with Crippen molar-refractivity contribution in [2.45, 2.75) is 30.5 Å². The molecule has 0 aliphatic carbocycles. The van der Waals surface area contributed by atoms with Gasteiger partial charge in [-0.3, -0.25) is 0 Å². The summed E-state index contributed by atoms with van der Waals surface area (Å²) >= 11 is 0. The molecule has 8 nitrogen and oxygen atoms in total. The molecule has 1 fully saturated rings. The average molecular weight is 282 g/mol. The summed E-state index contributed by atoms with van der Waals surface area (Å²) in [5.41, 5.74) is 0. The van der Waals surface area contributed by atoms with Gasteiger partial charge in [0.2, 0.25) is 0 Å². The second kappa shape index (κ2) is 4.92. The predicted octanol–water partition coefficient (Wildman–Crippen LogP) is -2.54. The predicted molar refractivity (Wildman–Crippen MR) is 48.8 cm³/mol. The van der Waals surface area contributed by atoms with Gasteiger partial charge in [-0.25, -0.2) is 0 Å². The zero-order valence-electron chi connectivity index (χ0n) is 8.27. The van der Waals surface area contributed by atoms with E-state index in [4.69, 9.17) is 24.9 Å². The molecule has 4 atom stereocenters. The standard InChI is InChI=1S/C6H13F2O8P/c7-6(8)4(10)3(9)2(16-5(6)11)1-15-17(12,13)14/h2-5,9-14,17H,1H2. The van der Waals surface area contributed by atoms with E-state index in [0.29, 0.717) is 0 Å². The maximum absolute atomic E-state index is 12.9. The van der Waals surface area contributed by atoms with Gasteiger partial charge in [0.15, 0.2) is 0 Å². The summed E-state index contributed by atoms with van der Waals surface area (Å²) in [7, 11) is -4.89. The van der Waals surface area contributed by atoms with Crippen molar-refractivity contribution < 1.29 is 48.0 Å². The van der Waals surface area contributed by atoms with Crippen LogP contribution >= 0.6 is 8.17 Å². The number of hydrogen-bond donors (Lipinski definition) is 6. The number of ether oxygens (including phenoxy) is 1. The van der Waals surface area contributed by atoms with E-state index in [2.05, 4.69) is 9.26 Å². The Morgan fingerprint density at radius 1 is 1.18 bits per heavy atom. The molecule has 0 aromatic rings. The fourth-order valence-corrected chi connectivity index (χ4v) is 1.63. The number of aliphatic hydroxyl groups excluding tert-OH is 3. The average Bonchev–Trinajstić information content (AvgIpc) is 2.18. The third-order valence-corrected chi connectivity index (χ3v) is 2.73. The van der Waals surface area contributed by atoms with Gasteiger partial charge in [0.1, 0.15) is 0 Å². The third-order valence-electron chi connectivity index (χ3n) is 2.17. The van der Waals surface area contributed by atoms with E-state index in [0.717, 1.165) is 0 Å². The van der Waals surface area contributed by atoms with Gasteiger partial charge in [0, 0.05) is 0 Å². The number of rotatable bonds is 3. The van der Waals surface area contributed by atoms with Crippen LogP contribution in [0.15, 0.2) is 0 Å². The van der Waals surface area contributed by atoms with E-state index in [1.807, 2.05) is 0 Å². The molecule has 0 bridgehead atoms. The Morgan fingerprint density at radius 3 is 2.18 bits per heavy atom. The fraction of sp³-hybridized carbons (Fsp3) is 1.00. The van der Waals surface area contributed by atoms with Gasteiger partial charge in [0.25, 0.3) is 0 Å². The monoisotopic (exact) mass is 282 g/mol. The molecule has 0 saturated carbocycles. The third kappa shape index (κ3) is 3.47. The normalized spacial score (nSPS) is 39.1. The van der Waals surface area contributed by atoms with Crippen molar-refractivity contribution in [1.29, 1.82) is 0 Å². The van der Waals surface area contributed by atoms with Gasteiger partial charge < -0.3 is 0 Å². The molecule has 1 saturated heterocycles. The molecular formula is C6H13F2O8P. The maximum atomic E-state index is 12.9. The molecule has 1 rings (SSSR count). The molecule has 0 aromatic carbocycles. The molecule has 17 heavy (non-hydrogen) atoms. The summed E-state index contributed by atoms with van der Waals surface area (Å²) in [6, 6.07) is 0. The SMILES string of the molecule is OC1C(CO[PH](O)(O)O)OC(O)C(F)(F)C1O. The van der Waals surface area contributed by atoms with Gasteiger partial charge in [-0.2, -0.15) is 0 Å². The minimum atomic E-state index is -4.89. The number of hydrogen-bond acceptors (Lipinski definition) is 8. The van der Waals surface area contributed by atoms with Gasteiger partial charge in [-0.15, -0.1) is 0 Å². The zero-order valence-corrected chi connectivity index (χ0v) is 9.27. The van der Waals surface area contributed by atoms with E-state index in [1.54, 1.807) is 0 Å². The van der Waals surface area contributed by atoms with E-state index in [9.17, 15) is 13.9 Å². The van der Waals surface area contributed by atoms with Crippen molar-refractivity contribution in [3.63, 3.8) is 0 Å². The van der Waals surface area contributed by atoms with Crippen LogP contribution in [0.25, 0.3) is 0 Å². The minimum absolute atomic E-state index is 0.888. The Kier molecular flexibility index (Phi) is 4.35. The van der Waals surface area contributed by atoms with Crippen LogP contribution in [0.4, 0.5) is 8.78 Å². The van der Waals surface area contributed by atoms with Crippen molar-refractivity contribution in [2.75, 3.05) is 6.61 Å². The molecule has 1 heterocycles. The van der Waals surface area contributed by atoms with Crippen molar-refractivity contribution in [3.05, 3.63) is 0 Å². The van der Waals surface area contributed by atoms with Crippen LogP contribution in [0.5, 0.6) is 0 Å². The Balaban J connectivity index is 2.65. The van der Waals surface area contributed by atoms with E-state index in [-0.39, 0.29) is 0 Å². The molecule has 1 aliphatic rings. The van der Waals surface area contributed by atoms with Crippen LogP contribution in [0.3, 0.4) is 0 Å². The van der Waals surface area contributed by atoms with Gasteiger partial charge >= 0.3 is 93.3 Å². The van der Waals surface area contributed by atoms with Crippen LogP contribution < -0.4 is 0 Å². The second-order valence-corrected chi connectivity index (χ2v) is 4.96. The van der Waals surface area contributed by atoms with Crippen LogP contribution in [-0.2, 0) is 9.26 Å². The van der Waals surface area contributed by atoms with Crippen LogP contribution in [-0.4, -0.2) is 67.1 Å². The Bertz CT molecular complexity index is 271. The molecule has 0 aromatic heterocycles. The van der Waals surface area contributed by atoms with E-state index >= 15 is 0 Å². The molecule has 0 amide bonds. The molecule has 104 valence electrons. The van der Waals surface area contributed by atoms with Crippen LogP contribution in [0, 0.1) is 0 Å². The first-order chi connectivity index (χ1) is 7.55. The first-order valence-corrected chi connectivity index (χ1v) is 6.19. The molecule has 6 N–H and O–H groups in total. The van der Waals surface area contributed by atoms with E-state index in [1.165, 1.54) is 0 Å². The second-order valence-electron chi connectivity index (χ2n) is 3.52. The summed E-state index contributed by atoms with van der Waals surface area (Å²) < 4.78 is 34.1. The molecule has 1 aliphatic heterocycles. The molecule has 0 spiro atoms. The number of alkyl halides is 2. The Labute approximate surface area is 94.3 Å². The topological polar surface area (TPSA) is 140 Å². The fourth-order valence-electron chi connectivity index (χ4n) is 1.25. The number of aliphatic hydroxyl groups is 3. The quantitative estimate of drug-likeness (QED) is 0.311. The van der Waals surface area contributed by atoms with Crippen LogP contribution in [0.1, 0.15) is 0 Å². The van der Waals surface area contributed by atoms with Gasteiger partial charge in [-0.05, 0) is 0 Å². The van der Waals surface area contributed by atoms with Gasteiger partial charge in [0.05, 0.1) is 0 Å². The zero-order chi connectivity index (χ0) is 13.4. The first-order valence-electron chi connectivity index (χ1n) is 4.44. The molecule has 4 unspecified atom stereocenters.